The van der Waals surface area contributed by atoms with Crippen molar-refractivity contribution in [1.82, 2.24) is 5.32 Å². The monoisotopic (exact) mass is 290 g/mol. The molecule has 1 fully saturated rings. The first-order chi connectivity index (χ1) is 9.97. The van der Waals surface area contributed by atoms with E-state index in [4.69, 9.17) is 10.5 Å². The molecule has 5 nitrogen and oxygen atoms in total. The van der Waals surface area contributed by atoms with Gasteiger partial charge in [0, 0.05) is 13.0 Å². The molecule has 2 atom stereocenters. The zero-order valence-corrected chi connectivity index (χ0v) is 12.5. The molecule has 2 rings (SSSR count). The van der Waals surface area contributed by atoms with Gasteiger partial charge in [-0.25, -0.2) is 0 Å². The van der Waals surface area contributed by atoms with Gasteiger partial charge in [-0.2, -0.15) is 0 Å². The van der Waals surface area contributed by atoms with Crippen LogP contribution in [0.1, 0.15) is 23.1 Å². The third-order valence-corrected chi connectivity index (χ3v) is 3.97. The number of nitrogens with one attached hydrogen (secondary N) is 1. The van der Waals surface area contributed by atoms with Gasteiger partial charge < -0.3 is 15.8 Å². The summed E-state index contributed by atoms with van der Waals surface area (Å²) in [7, 11) is 0. The van der Waals surface area contributed by atoms with Crippen LogP contribution in [0.4, 0.5) is 0 Å². The van der Waals surface area contributed by atoms with E-state index in [9.17, 15) is 9.59 Å². The van der Waals surface area contributed by atoms with Crippen LogP contribution < -0.4 is 11.1 Å². The fourth-order valence-corrected chi connectivity index (χ4v) is 2.42. The lowest BCUT2D eigenvalue weighted by atomic mass is 10.00. The van der Waals surface area contributed by atoms with Crippen LogP contribution in [-0.4, -0.2) is 31.1 Å². The van der Waals surface area contributed by atoms with Gasteiger partial charge in [0.25, 0.3) is 0 Å². The summed E-state index contributed by atoms with van der Waals surface area (Å²) in [6.45, 7) is 5.07. The van der Waals surface area contributed by atoms with Crippen LogP contribution in [0.5, 0.6) is 0 Å². The Balaban J connectivity index is 2.03. The summed E-state index contributed by atoms with van der Waals surface area (Å²) in [5, 5.41) is 2.75. The first kappa shape index (κ1) is 15.5. The van der Waals surface area contributed by atoms with Gasteiger partial charge in [0.2, 0.25) is 11.8 Å². The van der Waals surface area contributed by atoms with Gasteiger partial charge in [-0.3, -0.25) is 9.59 Å². The molecule has 0 unspecified atom stereocenters. The van der Waals surface area contributed by atoms with Gasteiger partial charge in [0.1, 0.15) is 6.04 Å². The second-order valence-corrected chi connectivity index (χ2v) is 5.65. The first-order valence-corrected chi connectivity index (χ1v) is 7.21. The Hall–Kier alpha value is -1.88. The molecule has 114 valence electrons. The molecule has 0 saturated carbocycles. The fourth-order valence-electron chi connectivity index (χ4n) is 2.42. The molecule has 5 heteroatoms. The smallest absolute Gasteiger partial charge is 0.240 e. The minimum Gasteiger partial charge on any atom is -0.381 e. The molecular weight excluding hydrogens is 268 g/mol. The summed E-state index contributed by atoms with van der Waals surface area (Å²) < 4.78 is 5.19. The molecule has 1 aromatic rings. The topological polar surface area (TPSA) is 81.4 Å². The number of hydrogen-bond acceptors (Lipinski definition) is 3. The number of ether oxygens (including phenoxy) is 1. The molecule has 0 bridgehead atoms. The molecule has 0 spiro atoms. The van der Waals surface area contributed by atoms with E-state index in [-0.39, 0.29) is 11.8 Å². The molecule has 0 aliphatic carbocycles. The van der Waals surface area contributed by atoms with E-state index in [2.05, 4.69) is 5.32 Å². The number of carbonyl (C=O) groups is 2. The van der Waals surface area contributed by atoms with Crippen molar-refractivity contribution >= 4 is 11.8 Å². The van der Waals surface area contributed by atoms with Crippen molar-refractivity contribution in [3.8, 4) is 0 Å². The summed E-state index contributed by atoms with van der Waals surface area (Å²) in [6, 6.07) is 5.31. The Morgan fingerprint density at radius 1 is 1.38 bits per heavy atom. The highest BCUT2D eigenvalue weighted by atomic mass is 16.5. The highest BCUT2D eigenvalue weighted by molar-refractivity contribution is 5.87. The normalized spacial score (nSPS) is 19.2. The quantitative estimate of drug-likeness (QED) is 0.843. The second-order valence-electron chi connectivity index (χ2n) is 5.65. The number of rotatable bonds is 5. The van der Waals surface area contributed by atoms with Crippen LogP contribution >= 0.6 is 0 Å². The number of primary amides is 1. The van der Waals surface area contributed by atoms with Crippen molar-refractivity contribution < 1.29 is 14.3 Å². The predicted molar refractivity (Wildman–Crippen MR) is 79.7 cm³/mol. The standard InChI is InChI=1S/C16H22N2O3/c1-10-3-4-12(7-11(10)2)8-14(15(17)19)18-16(20)13-5-6-21-9-13/h3-4,7,13-14H,5-6,8-9H2,1-2H3,(H2,17,19)(H,18,20)/t13-,14+/m1/s1. The minimum absolute atomic E-state index is 0.153. The van der Waals surface area contributed by atoms with Crippen LogP contribution in [0.25, 0.3) is 0 Å². The van der Waals surface area contributed by atoms with E-state index in [1.54, 1.807) is 0 Å². The second kappa shape index (κ2) is 6.72. The van der Waals surface area contributed by atoms with Gasteiger partial charge in [0.15, 0.2) is 0 Å². The lowest BCUT2D eigenvalue weighted by Crippen LogP contribution is -2.48. The lowest BCUT2D eigenvalue weighted by molar-refractivity contribution is -0.129. The van der Waals surface area contributed by atoms with E-state index in [0.717, 1.165) is 11.1 Å². The van der Waals surface area contributed by atoms with Crippen molar-refractivity contribution in [2.45, 2.75) is 32.7 Å². The third-order valence-electron chi connectivity index (χ3n) is 3.97. The zero-order valence-electron chi connectivity index (χ0n) is 12.5. The molecule has 2 amide bonds. The molecule has 0 aromatic heterocycles. The van der Waals surface area contributed by atoms with Crippen LogP contribution in [-0.2, 0) is 20.7 Å². The van der Waals surface area contributed by atoms with Gasteiger partial charge in [-0.05, 0) is 37.0 Å². The lowest BCUT2D eigenvalue weighted by Gasteiger charge is -2.18. The molecule has 0 radical (unpaired) electrons. The van der Waals surface area contributed by atoms with E-state index in [1.165, 1.54) is 5.56 Å². The summed E-state index contributed by atoms with van der Waals surface area (Å²) >= 11 is 0. The largest absolute Gasteiger partial charge is 0.381 e. The predicted octanol–water partition coefficient (Wildman–Crippen LogP) is 0.853. The van der Waals surface area contributed by atoms with Crippen LogP contribution in [0.2, 0.25) is 0 Å². The van der Waals surface area contributed by atoms with Gasteiger partial charge in [-0.15, -0.1) is 0 Å². The summed E-state index contributed by atoms with van der Waals surface area (Å²) in [6.07, 6.45) is 1.11. The minimum atomic E-state index is -0.680. The zero-order chi connectivity index (χ0) is 15.4. The highest BCUT2D eigenvalue weighted by Crippen LogP contribution is 2.14. The Labute approximate surface area is 124 Å². The summed E-state index contributed by atoms with van der Waals surface area (Å²) in [5.74, 6) is -0.841. The molecular formula is C16H22N2O3. The summed E-state index contributed by atoms with van der Waals surface area (Å²) in [5.41, 5.74) is 8.76. The SMILES string of the molecule is Cc1ccc(C[C@H](NC(=O)[C@@H]2CCOC2)C(N)=O)cc1C. The van der Waals surface area contributed by atoms with Crippen molar-refractivity contribution in [1.29, 1.82) is 0 Å². The van der Waals surface area contributed by atoms with Gasteiger partial charge >= 0.3 is 0 Å². The van der Waals surface area contributed by atoms with E-state index in [0.29, 0.717) is 26.1 Å². The average Bonchev–Trinajstić information content (AvgIpc) is 2.96. The third kappa shape index (κ3) is 4.04. The van der Waals surface area contributed by atoms with Crippen molar-refractivity contribution in [3.63, 3.8) is 0 Å². The van der Waals surface area contributed by atoms with Crippen LogP contribution in [0.3, 0.4) is 0 Å². The Morgan fingerprint density at radius 2 is 2.14 bits per heavy atom. The molecule has 1 saturated heterocycles. The van der Waals surface area contributed by atoms with E-state index < -0.39 is 11.9 Å². The number of amides is 2. The van der Waals surface area contributed by atoms with Gasteiger partial charge in [0.05, 0.1) is 12.5 Å². The maximum Gasteiger partial charge on any atom is 0.240 e. The molecule has 1 aliphatic rings. The fraction of sp³-hybridized carbons (Fsp3) is 0.500. The maximum absolute atomic E-state index is 12.1. The maximum atomic E-state index is 12.1. The number of aryl methyl sites for hydroxylation is 2. The van der Waals surface area contributed by atoms with Crippen molar-refractivity contribution in [2.75, 3.05) is 13.2 Å². The summed E-state index contributed by atoms with van der Waals surface area (Å²) in [4.78, 5) is 23.7. The van der Waals surface area contributed by atoms with E-state index >= 15 is 0 Å². The first-order valence-electron chi connectivity index (χ1n) is 7.21. The Kier molecular flexibility index (Phi) is 4.96. The number of hydrogen-bond donors (Lipinski definition) is 2. The Morgan fingerprint density at radius 3 is 2.71 bits per heavy atom. The molecule has 1 aromatic carbocycles. The van der Waals surface area contributed by atoms with Crippen molar-refractivity contribution in [3.05, 3.63) is 34.9 Å². The average molecular weight is 290 g/mol. The molecule has 21 heavy (non-hydrogen) atoms. The van der Waals surface area contributed by atoms with E-state index in [1.807, 2.05) is 32.0 Å². The van der Waals surface area contributed by atoms with Crippen LogP contribution in [0, 0.1) is 19.8 Å². The van der Waals surface area contributed by atoms with Gasteiger partial charge in [-0.1, -0.05) is 18.2 Å². The number of nitrogens with two attached hydrogens (primary N) is 1. The number of carbonyl (C=O) groups excluding carboxylic acids is 2. The number of benzene rings is 1. The highest BCUT2D eigenvalue weighted by Gasteiger charge is 2.27. The molecule has 1 aliphatic heterocycles. The van der Waals surface area contributed by atoms with Crippen molar-refractivity contribution in [2.24, 2.45) is 11.7 Å². The van der Waals surface area contributed by atoms with Crippen LogP contribution in [0.15, 0.2) is 18.2 Å². The molecule has 1 heterocycles. The molecule has 3 N–H and O–H groups in total. The Bertz CT molecular complexity index is 536.